The van der Waals surface area contributed by atoms with Crippen LogP contribution in [0.2, 0.25) is 5.02 Å². The van der Waals surface area contributed by atoms with Crippen LogP contribution >= 0.6 is 11.6 Å². The highest BCUT2D eigenvalue weighted by Gasteiger charge is 2.54. The number of carboxylic acids is 1. The highest BCUT2D eigenvalue weighted by Crippen LogP contribution is 2.45. The number of hydrogen-bond acceptors (Lipinski definition) is 5. The third-order valence-corrected chi connectivity index (χ3v) is 5.59. The van der Waals surface area contributed by atoms with Gasteiger partial charge in [-0.05, 0) is 30.5 Å². The molecule has 1 spiro atoms. The van der Waals surface area contributed by atoms with E-state index in [4.69, 9.17) is 21.4 Å². The highest BCUT2D eigenvalue weighted by molar-refractivity contribution is 6.33. The van der Waals surface area contributed by atoms with Gasteiger partial charge >= 0.3 is 5.97 Å². The molecule has 2 atom stereocenters. The Morgan fingerprint density at radius 1 is 1.31 bits per heavy atom. The fourth-order valence-electron chi connectivity index (χ4n) is 3.96. The van der Waals surface area contributed by atoms with Crippen LogP contribution in [0.1, 0.15) is 42.1 Å². The molecule has 0 bridgehead atoms. The van der Waals surface area contributed by atoms with Crippen molar-refractivity contribution in [1.82, 2.24) is 0 Å². The van der Waals surface area contributed by atoms with Gasteiger partial charge < -0.3 is 9.84 Å². The minimum atomic E-state index is -1.48. The van der Waals surface area contributed by atoms with Gasteiger partial charge in [-0.15, -0.1) is 0 Å². The van der Waals surface area contributed by atoms with Crippen molar-refractivity contribution in [2.45, 2.75) is 31.6 Å². The summed E-state index contributed by atoms with van der Waals surface area (Å²) < 4.78 is 5.38. The van der Waals surface area contributed by atoms with E-state index in [1.807, 2.05) is 0 Å². The zero-order valence-electron chi connectivity index (χ0n) is 14.3. The van der Waals surface area contributed by atoms with E-state index < -0.39 is 47.0 Å². The van der Waals surface area contributed by atoms with Crippen LogP contribution in [-0.2, 0) is 24.5 Å². The molecule has 6 nitrogen and oxygen atoms in total. The number of halogens is 1. The van der Waals surface area contributed by atoms with Crippen molar-refractivity contribution in [2.75, 3.05) is 13.2 Å². The third-order valence-electron chi connectivity index (χ3n) is 5.36. The van der Waals surface area contributed by atoms with Gasteiger partial charge in [0.1, 0.15) is 5.92 Å². The zero-order valence-corrected chi connectivity index (χ0v) is 15.0. The molecule has 1 N–H and O–H groups in total. The van der Waals surface area contributed by atoms with Gasteiger partial charge in [0.25, 0.3) is 0 Å². The summed E-state index contributed by atoms with van der Waals surface area (Å²) in [5.74, 6) is -5.23. The number of carboxylic acid groups (broad SMARTS) is 1. The Kier molecular flexibility index (Phi) is 4.99. The van der Waals surface area contributed by atoms with Gasteiger partial charge in [-0.3, -0.25) is 19.2 Å². The highest BCUT2D eigenvalue weighted by atomic mass is 35.5. The summed E-state index contributed by atoms with van der Waals surface area (Å²) in [6, 6.07) is 4.80. The Morgan fingerprint density at radius 2 is 1.96 bits per heavy atom. The molecule has 0 saturated carbocycles. The molecule has 26 heavy (non-hydrogen) atoms. The van der Waals surface area contributed by atoms with Crippen LogP contribution in [0.25, 0.3) is 0 Å². The van der Waals surface area contributed by atoms with Crippen LogP contribution in [0.5, 0.6) is 0 Å². The molecule has 0 aromatic heterocycles. The zero-order chi connectivity index (χ0) is 19.1. The summed E-state index contributed by atoms with van der Waals surface area (Å²) in [4.78, 5) is 50.0. The molecule has 1 heterocycles. The maximum atomic E-state index is 13.3. The van der Waals surface area contributed by atoms with Crippen LogP contribution < -0.4 is 0 Å². The van der Waals surface area contributed by atoms with Crippen molar-refractivity contribution in [1.29, 1.82) is 0 Å². The van der Waals surface area contributed by atoms with Gasteiger partial charge in [0.15, 0.2) is 17.3 Å². The van der Waals surface area contributed by atoms with Crippen molar-refractivity contribution in [3.63, 3.8) is 0 Å². The molecule has 1 aromatic carbocycles. The van der Waals surface area contributed by atoms with E-state index in [2.05, 4.69) is 0 Å². The summed E-state index contributed by atoms with van der Waals surface area (Å²) in [6.07, 6.45) is 0.337. The smallest absolute Gasteiger partial charge is 0.304 e. The Morgan fingerprint density at radius 3 is 2.58 bits per heavy atom. The Labute approximate surface area is 155 Å². The largest absolute Gasteiger partial charge is 0.481 e. The van der Waals surface area contributed by atoms with E-state index in [1.54, 1.807) is 12.1 Å². The van der Waals surface area contributed by atoms with Gasteiger partial charge in [-0.2, -0.15) is 0 Å². The topological polar surface area (TPSA) is 97.7 Å². The van der Waals surface area contributed by atoms with Crippen LogP contribution in [0.4, 0.5) is 0 Å². The van der Waals surface area contributed by atoms with E-state index in [1.165, 1.54) is 13.0 Å². The van der Waals surface area contributed by atoms with E-state index in [9.17, 15) is 19.2 Å². The Hall–Kier alpha value is -2.05. The molecule has 1 aliphatic carbocycles. The standard InChI is InChI=1S/C19H19ClO6/c1-10(8-14(21)22)16(23)15-17(24)12-9-11(20)2-3-13(12)19(18(15)25)4-6-26-7-5-19/h2-3,9-10,15H,4-8H2,1H3,(H,21,22). The molecule has 1 fully saturated rings. The van der Waals surface area contributed by atoms with E-state index >= 15 is 0 Å². The maximum absolute atomic E-state index is 13.3. The van der Waals surface area contributed by atoms with E-state index in [-0.39, 0.29) is 5.56 Å². The molecule has 3 rings (SSSR count). The number of ether oxygens (including phenoxy) is 1. The minimum Gasteiger partial charge on any atom is -0.481 e. The average molecular weight is 379 g/mol. The van der Waals surface area contributed by atoms with Crippen LogP contribution in [0, 0.1) is 11.8 Å². The molecular formula is C19H19ClO6. The van der Waals surface area contributed by atoms with E-state index in [0.29, 0.717) is 36.6 Å². The first-order chi connectivity index (χ1) is 12.3. The fraction of sp³-hybridized carbons (Fsp3) is 0.474. The first kappa shape index (κ1) is 18.7. The number of aliphatic carboxylic acids is 1. The van der Waals surface area contributed by atoms with Crippen LogP contribution in [-0.4, -0.2) is 41.6 Å². The Balaban J connectivity index is 2.10. The molecule has 0 radical (unpaired) electrons. The van der Waals surface area contributed by atoms with Crippen LogP contribution in [0.15, 0.2) is 18.2 Å². The van der Waals surface area contributed by atoms with Crippen molar-refractivity contribution < 1.29 is 29.0 Å². The first-order valence-electron chi connectivity index (χ1n) is 8.50. The summed E-state index contributed by atoms with van der Waals surface area (Å²) >= 11 is 6.04. The quantitative estimate of drug-likeness (QED) is 0.808. The number of hydrogen-bond donors (Lipinski definition) is 1. The second-order valence-corrected chi connectivity index (χ2v) is 7.38. The van der Waals surface area contributed by atoms with Crippen molar-refractivity contribution >= 4 is 34.9 Å². The third kappa shape index (κ3) is 2.97. The summed E-state index contributed by atoms with van der Waals surface area (Å²) in [6.45, 7) is 2.14. The van der Waals surface area contributed by atoms with Gasteiger partial charge in [0, 0.05) is 29.7 Å². The molecule has 2 unspecified atom stereocenters. The molecular weight excluding hydrogens is 360 g/mol. The molecule has 0 amide bonds. The van der Waals surface area contributed by atoms with Crippen molar-refractivity contribution in [3.8, 4) is 0 Å². The van der Waals surface area contributed by atoms with Gasteiger partial charge in [-0.1, -0.05) is 24.6 Å². The summed E-state index contributed by atoms with van der Waals surface area (Å²) in [7, 11) is 0. The number of rotatable bonds is 4. The normalized spacial score (nSPS) is 22.8. The lowest BCUT2D eigenvalue weighted by atomic mass is 9.59. The minimum absolute atomic E-state index is 0.278. The van der Waals surface area contributed by atoms with Gasteiger partial charge in [-0.25, -0.2) is 0 Å². The number of fused-ring (bicyclic) bond motifs is 2. The Bertz CT molecular complexity index is 793. The number of ketones is 3. The predicted octanol–water partition coefficient (Wildman–Crippen LogP) is 2.45. The van der Waals surface area contributed by atoms with Gasteiger partial charge in [0.2, 0.25) is 0 Å². The first-order valence-corrected chi connectivity index (χ1v) is 8.87. The monoisotopic (exact) mass is 378 g/mol. The molecule has 1 aromatic rings. The average Bonchev–Trinajstić information content (AvgIpc) is 2.60. The lowest BCUT2D eigenvalue weighted by Crippen LogP contribution is -2.54. The van der Waals surface area contributed by atoms with Gasteiger partial charge in [0.05, 0.1) is 11.8 Å². The van der Waals surface area contributed by atoms with Crippen molar-refractivity contribution in [3.05, 3.63) is 34.3 Å². The molecule has 1 aliphatic heterocycles. The number of carbonyl (C=O) groups is 4. The number of carbonyl (C=O) groups excluding carboxylic acids is 3. The van der Waals surface area contributed by atoms with Crippen LogP contribution in [0.3, 0.4) is 0 Å². The van der Waals surface area contributed by atoms with E-state index in [0.717, 1.165) is 0 Å². The molecule has 1 saturated heterocycles. The second kappa shape index (κ2) is 6.93. The molecule has 2 aliphatic rings. The number of Topliss-reactive ketones (excluding diaryl/α,β-unsaturated/α-hetero) is 3. The molecule has 138 valence electrons. The fourth-order valence-corrected chi connectivity index (χ4v) is 4.13. The lowest BCUT2D eigenvalue weighted by molar-refractivity contribution is -0.144. The predicted molar refractivity (Wildman–Crippen MR) is 92.4 cm³/mol. The second-order valence-electron chi connectivity index (χ2n) is 6.95. The lowest BCUT2D eigenvalue weighted by Gasteiger charge is -2.42. The summed E-state index contributed by atoms with van der Waals surface area (Å²) in [5, 5.41) is 9.29. The van der Waals surface area contributed by atoms with Crippen molar-refractivity contribution in [2.24, 2.45) is 11.8 Å². The SMILES string of the molecule is CC(CC(=O)O)C(=O)C1C(=O)c2cc(Cl)ccc2C2(CCOCC2)C1=O. The summed E-state index contributed by atoms with van der Waals surface area (Å²) in [5.41, 5.74) is -0.0926. The number of benzene rings is 1. The molecule has 7 heteroatoms. The maximum Gasteiger partial charge on any atom is 0.304 e.